The van der Waals surface area contributed by atoms with Gasteiger partial charge >= 0.3 is 0 Å². The third kappa shape index (κ3) is 3.07. The minimum absolute atomic E-state index is 0.0580. The maximum Gasteiger partial charge on any atom is 0.170 e. The van der Waals surface area contributed by atoms with Crippen LogP contribution in [0.3, 0.4) is 0 Å². The summed E-state index contributed by atoms with van der Waals surface area (Å²) < 4.78 is 32.3. The van der Waals surface area contributed by atoms with Crippen LogP contribution in [0.5, 0.6) is 0 Å². The van der Waals surface area contributed by atoms with E-state index >= 15 is 0 Å². The van der Waals surface area contributed by atoms with Crippen molar-refractivity contribution < 1.29 is 8.78 Å². The molecule has 0 aliphatic rings. The van der Waals surface area contributed by atoms with Crippen molar-refractivity contribution in [2.24, 2.45) is 0 Å². The Morgan fingerprint density at radius 3 is 2.83 bits per heavy atom. The van der Waals surface area contributed by atoms with E-state index < -0.39 is 11.6 Å². The summed E-state index contributed by atoms with van der Waals surface area (Å²) in [6, 6.07) is 2.61. The van der Waals surface area contributed by atoms with E-state index in [9.17, 15) is 8.78 Å². The Hall–Kier alpha value is -0.530. The Morgan fingerprint density at radius 1 is 1.39 bits per heavy atom. The number of nitrogens with zero attached hydrogens (tertiary/aromatic N) is 2. The molecular weight excluding hydrogens is 342 g/mol. The summed E-state index contributed by atoms with van der Waals surface area (Å²) in [5, 5.41) is 0. The summed E-state index contributed by atoms with van der Waals surface area (Å²) in [5.41, 5.74) is 0.0580. The lowest BCUT2D eigenvalue weighted by molar-refractivity contribution is 0.562. The van der Waals surface area contributed by atoms with Gasteiger partial charge in [-0.15, -0.1) is 0 Å². The molecule has 0 amide bonds. The van der Waals surface area contributed by atoms with Crippen molar-refractivity contribution in [2.45, 2.75) is 23.4 Å². The third-order valence-corrected chi connectivity index (χ3v) is 4.75. The van der Waals surface area contributed by atoms with Crippen LogP contribution in [0.1, 0.15) is 18.3 Å². The van der Waals surface area contributed by atoms with Gasteiger partial charge in [0.25, 0.3) is 0 Å². The summed E-state index contributed by atoms with van der Waals surface area (Å²) in [4.78, 5) is 4.24. The lowest BCUT2D eigenvalue weighted by Gasteiger charge is -2.04. The first-order valence-corrected chi connectivity index (χ1v) is 7.74. The molecule has 0 saturated carbocycles. The molecule has 0 spiro atoms. The van der Waals surface area contributed by atoms with E-state index in [1.54, 1.807) is 0 Å². The number of hydrogen-bond donors (Lipinski definition) is 0. The molecule has 18 heavy (non-hydrogen) atoms. The van der Waals surface area contributed by atoms with Crippen LogP contribution in [0.25, 0.3) is 0 Å². The van der Waals surface area contributed by atoms with Gasteiger partial charge < -0.3 is 0 Å². The minimum atomic E-state index is -0.553. The van der Waals surface area contributed by atoms with E-state index in [1.807, 2.05) is 6.92 Å². The minimum Gasteiger partial charge on any atom is -0.213 e. The molecule has 96 valence electrons. The second kappa shape index (κ2) is 6.08. The molecule has 2 aromatic rings. The molecule has 1 aromatic heterocycles. The molecule has 2 nitrogen and oxygen atoms in total. The first-order valence-electron chi connectivity index (χ1n) is 5.19. The molecule has 7 heteroatoms. The van der Waals surface area contributed by atoms with Crippen molar-refractivity contribution in [1.82, 2.24) is 9.36 Å². The number of halogens is 3. The van der Waals surface area contributed by atoms with E-state index in [-0.39, 0.29) is 15.8 Å². The highest BCUT2D eigenvalue weighted by atomic mass is 79.9. The highest BCUT2D eigenvalue weighted by Gasteiger charge is 2.13. The zero-order valence-corrected chi connectivity index (χ0v) is 12.6. The molecular formula is C11H9BrF2N2S2. The fourth-order valence-corrected chi connectivity index (χ4v) is 3.35. The van der Waals surface area contributed by atoms with Crippen molar-refractivity contribution in [3.05, 3.63) is 39.6 Å². The van der Waals surface area contributed by atoms with Crippen molar-refractivity contribution in [2.75, 3.05) is 0 Å². The first kappa shape index (κ1) is 13.9. The van der Waals surface area contributed by atoms with Gasteiger partial charge in [0.15, 0.2) is 4.34 Å². The summed E-state index contributed by atoms with van der Waals surface area (Å²) in [7, 11) is 0. The normalized spacial score (nSPS) is 10.9. The topological polar surface area (TPSA) is 25.8 Å². The van der Waals surface area contributed by atoms with Crippen LogP contribution in [0.4, 0.5) is 8.78 Å². The number of benzene rings is 1. The Labute approximate surface area is 120 Å². The average Bonchev–Trinajstić information content (AvgIpc) is 2.82. The van der Waals surface area contributed by atoms with Crippen molar-refractivity contribution in [1.29, 1.82) is 0 Å². The molecule has 0 saturated heterocycles. The molecule has 0 fully saturated rings. The van der Waals surface area contributed by atoms with Crippen LogP contribution >= 0.6 is 39.2 Å². The monoisotopic (exact) mass is 350 g/mol. The first-order chi connectivity index (χ1) is 8.61. The third-order valence-electron chi connectivity index (χ3n) is 2.24. The van der Waals surface area contributed by atoms with Gasteiger partial charge in [0.2, 0.25) is 0 Å². The van der Waals surface area contributed by atoms with Gasteiger partial charge in [-0.05, 0) is 39.6 Å². The van der Waals surface area contributed by atoms with Crippen molar-refractivity contribution in [3.63, 3.8) is 0 Å². The molecule has 1 aromatic carbocycles. The van der Waals surface area contributed by atoms with Crippen LogP contribution in [-0.4, -0.2) is 9.36 Å². The second-order valence-corrected chi connectivity index (χ2v) is 6.27. The summed E-state index contributed by atoms with van der Waals surface area (Å²) >= 11 is 5.59. The maximum absolute atomic E-state index is 13.7. The average molecular weight is 351 g/mol. The van der Waals surface area contributed by atoms with Crippen LogP contribution in [0.15, 0.2) is 20.9 Å². The summed E-state index contributed by atoms with van der Waals surface area (Å²) in [6.45, 7) is 1.96. The SMILES string of the molecule is CCc1nsc(SCc2c(F)ccc(Br)c2F)n1. The van der Waals surface area contributed by atoms with Gasteiger partial charge in [0, 0.05) is 17.7 Å². The maximum atomic E-state index is 13.7. The van der Waals surface area contributed by atoms with Gasteiger partial charge in [-0.3, -0.25) is 0 Å². The molecule has 1 heterocycles. The predicted octanol–water partition coefficient (Wildman–Crippen LogP) is 4.43. The summed E-state index contributed by atoms with van der Waals surface area (Å²) in [6.07, 6.45) is 0.761. The highest BCUT2D eigenvalue weighted by molar-refractivity contribution is 9.10. The van der Waals surface area contributed by atoms with Crippen molar-refractivity contribution in [3.8, 4) is 0 Å². The van der Waals surface area contributed by atoms with E-state index in [0.29, 0.717) is 0 Å². The Bertz CT molecular complexity index is 560. The van der Waals surface area contributed by atoms with E-state index in [2.05, 4.69) is 25.3 Å². The van der Waals surface area contributed by atoms with Gasteiger partial charge in [0.1, 0.15) is 17.5 Å². The Kier molecular flexibility index (Phi) is 4.69. The van der Waals surface area contributed by atoms with Crippen molar-refractivity contribution >= 4 is 39.2 Å². The fraction of sp³-hybridized carbons (Fsp3) is 0.273. The second-order valence-electron chi connectivity index (χ2n) is 3.44. The molecule has 0 unspecified atom stereocenters. The predicted molar refractivity (Wildman–Crippen MR) is 72.9 cm³/mol. The molecule has 0 aliphatic heterocycles. The summed E-state index contributed by atoms with van der Waals surface area (Å²) in [5.74, 6) is -0.126. The quantitative estimate of drug-likeness (QED) is 0.602. The number of aromatic nitrogens is 2. The molecule has 0 atom stereocenters. The molecule has 0 N–H and O–H groups in total. The zero-order chi connectivity index (χ0) is 13.1. The van der Waals surface area contributed by atoms with Crippen LogP contribution in [-0.2, 0) is 12.2 Å². The Balaban J connectivity index is 2.12. The largest absolute Gasteiger partial charge is 0.213 e. The lowest BCUT2D eigenvalue weighted by Crippen LogP contribution is -1.94. The van der Waals surface area contributed by atoms with Crippen LogP contribution in [0.2, 0.25) is 0 Å². The Morgan fingerprint density at radius 2 is 2.17 bits per heavy atom. The standard InChI is InChI=1S/C11H9BrF2N2S2/c1-2-9-15-11(18-16-9)17-5-6-8(13)4-3-7(12)10(6)14/h3-4H,2,5H2,1H3. The highest BCUT2D eigenvalue weighted by Crippen LogP contribution is 2.29. The number of rotatable bonds is 4. The van der Waals surface area contributed by atoms with Gasteiger partial charge in [0.05, 0.1) is 4.47 Å². The van der Waals surface area contributed by atoms with Gasteiger partial charge in [-0.1, -0.05) is 18.7 Å². The molecule has 0 bridgehead atoms. The number of thioether (sulfide) groups is 1. The van der Waals surface area contributed by atoms with E-state index in [4.69, 9.17) is 0 Å². The van der Waals surface area contributed by atoms with Crippen LogP contribution < -0.4 is 0 Å². The van der Waals surface area contributed by atoms with E-state index in [0.717, 1.165) is 16.6 Å². The number of aryl methyl sites for hydroxylation is 1. The van der Waals surface area contributed by atoms with Crippen LogP contribution in [0, 0.1) is 11.6 Å². The van der Waals surface area contributed by atoms with Gasteiger partial charge in [-0.2, -0.15) is 4.37 Å². The fourth-order valence-electron chi connectivity index (χ4n) is 1.28. The molecule has 2 rings (SSSR count). The number of hydrogen-bond acceptors (Lipinski definition) is 4. The molecule has 0 aliphatic carbocycles. The lowest BCUT2D eigenvalue weighted by atomic mass is 10.2. The molecule has 0 radical (unpaired) electrons. The van der Waals surface area contributed by atoms with Gasteiger partial charge in [-0.25, -0.2) is 13.8 Å². The van der Waals surface area contributed by atoms with E-state index in [1.165, 1.54) is 35.4 Å². The smallest absolute Gasteiger partial charge is 0.170 e. The zero-order valence-electron chi connectivity index (χ0n) is 9.41.